The van der Waals surface area contributed by atoms with Gasteiger partial charge in [0.1, 0.15) is 11.4 Å². The Kier molecular flexibility index (Phi) is 7.36. The number of nitrogens with one attached hydrogen (secondary N) is 2. The maximum absolute atomic E-state index is 12.3. The summed E-state index contributed by atoms with van der Waals surface area (Å²) in [4.78, 5) is 18.7. The first-order chi connectivity index (χ1) is 12.4. The molecule has 0 radical (unpaired) electrons. The minimum atomic E-state index is -0.473. The molecular weight excluding hydrogens is 332 g/mol. The lowest BCUT2D eigenvalue weighted by molar-refractivity contribution is 0.0193. The van der Waals surface area contributed by atoms with E-state index in [0.717, 1.165) is 44.1 Å². The zero-order chi connectivity index (χ0) is 19.0. The molecule has 1 fully saturated rings. The predicted octanol–water partition coefficient (Wildman–Crippen LogP) is 2.78. The zero-order valence-corrected chi connectivity index (χ0v) is 16.4. The summed E-state index contributed by atoms with van der Waals surface area (Å²) >= 11 is 0. The van der Waals surface area contributed by atoms with E-state index in [-0.39, 0.29) is 12.1 Å². The average molecular weight is 364 g/mol. The largest absolute Gasteiger partial charge is 0.469 e. The fourth-order valence-corrected chi connectivity index (χ4v) is 2.83. The molecule has 1 aromatic rings. The lowest BCUT2D eigenvalue weighted by Gasteiger charge is -2.35. The highest BCUT2D eigenvalue weighted by Crippen LogP contribution is 2.15. The summed E-state index contributed by atoms with van der Waals surface area (Å²) in [7, 11) is 0. The van der Waals surface area contributed by atoms with Gasteiger partial charge in [-0.15, -0.1) is 0 Å². The highest BCUT2D eigenvalue weighted by molar-refractivity contribution is 5.80. The van der Waals surface area contributed by atoms with E-state index in [1.54, 1.807) is 11.2 Å². The van der Waals surface area contributed by atoms with E-state index in [2.05, 4.69) is 15.6 Å². The number of carbonyl (C=O) groups excluding carboxylic acids is 1. The SMILES string of the molecule is CCNC(=NCCc1ccco1)NC1CCCN(C(=O)OC(C)(C)C)C1. The Morgan fingerprint density at radius 2 is 2.27 bits per heavy atom. The van der Waals surface area contributed by atoms with Gasteiger partial charge in [0.25, 0.3) is 0 Å². The van der Waals surface area contributed by atoms with E-state index in [1.165, 1.54) is 0 Å². The third-order valence-electron chi connectivity index (χ3n) is 3.97. The van der Waals surface area contributed by atoms with Crippen molar-refractivity contribution < 1.29 is 13.9 Å². The van der Waals surface area contributed by atoms with Crippen LogP contribution >= 0.6 is 0 Å². The van der Waals surface area contributed by atoms with Crippen molar-refractivity contribution in [1.82, 2.24) is 15.5 Å². The second kappa shape index (κ2) is 9.50. The zero-order valence-electron chi connectivity index (χ0n) is 16.4. The molecular formula is C19H32N4O3. The number of piperidine rings is 1. The monoisotopic (exact) mass is 364 g/mol. The highest BCUT2D eigenvalue weighted by atomic mass is 16.6. The minimum Gasteiger partial charge on any atom is -0.469 e. The third-order valence-corrected chi connectivity index (χ3v) is 3.97. The molecule has 1 amide bonds. The number of hydrogen-bond acceptors (Lipinski definition) is 4. The summed E-state index contributed by atoms with van der Waals surface area (Å²) < 4.78 is 10.8. The summed E-state index contributed by atoms with van der Waals surface area (Å²) in [6, 6.07) is 4.00. The summed E-state index contributed by atoms with van der Waals surface area (Å²) in [6.45, 7) is 10.5. The normalized spacial score (nSPS) is 18.5. The summed E-state index contributed by atoms with van der Waals surface area (Å²) in [5.41, 5.74) is -0.473. The fraction of sp³-hybridized carbons (Fsp3) is 0.684. The van der Waals surface area contributed by atoms with Gasteiger partial charge in [0, 0.05) is 38.6 Å². The van der Waals surface area contributed by atoms with Crippen molar-refractivity contribution in [1.29, 1.82) is 0 Å². The maximum atomic E-state index is 12.3. The van der Waals surface area contributed by atoms with Crippen LogP contribution in [-0.4, -0.2) is 54.8 Å². The van der Waals surface area contributed by atoms with Crippen molar-refractivity contribution in [2.75, 3.05) is 26.2 Å². The Bertz CT molecular complexity index is 578. The van der Waals surface area contributed by atoms with Crippen molar-refractivity contribution in [2.24, 2.45) is 4.99 Å². The van der Waals surface area contributed by atoms with Crippen molar-refractivity contribution in [3.05, 3.63) is 24.2 Å². The first kappa shape index (κ1) is 20.1. The smallest absolute Gasteiger partial charge is 0.410 e. The van der Waals surface area contributed by atoms with Crippen molar-refractivity contribution in [3.63, 3.8) is 0 Å². The number of nitrogens with zero attached hydrogens (tertiary/aromatic N) is 2. The van der Waals surface area contributed by atoms with Crippen LogP contribution in [0.15, 0.2) is 27.8 Å². The van der Waals surface area contributed by atoms with E-state index < -0.39 is 5.60 Å². The molecule has 1 aromatic heterocycles. The minimum absolute atomic E-state index is 0.165. The summed E-state index contributed by atoms with van der Waals surface area (Å²) in [5.74, 6) is 1.70. The van der Waals surface area contributed by atoms with E-state index in [0.29, 0.717) is 13.1 Å². The van der Waals surface area contributed by atoms with Gasteiger partial charge in [-0.1, -0.05) is 0 Å². The van der Waals surface area contributed by atoms with Crippen LogP contribution in [0.3, 0.4) is 0 Å². The fourth-order valence-electron chi connectivity index (χ4n) is 2.83. The second-order valence-corrected chi connectivity index (χ2v) is 7.50. The van der Waals surface area contributed by atoms with Gasteiger partial charge in [-0.2, -0.15) is 0 Å². The lowest BCUT2D eigenvalue weighted by atomic mass is 10.1. The van der Waals surface area contributed by atoms with Gasteiger partial charge in [-0.25, -0.2) is 4.79 Å². The van der Waals surface area contributed by atoms with Gasteiger partial charge < -0.3 is 24.7 Å². The topological polar surface area (TPSA) is 79.1 Å². The van der Waals surface area contributed by atoms with Crippen molar-refractivity contribution >= 4 is 12.1 Å². The molecule has 2 rings (SSSR count). The molecule has 2 N–H and O–H groups in total. The van der Waals surface area contributed by atoms with Crippen molar-refractivity contribution in [2.45, 2.75) is 58.6 Å². The summed E-state index contributed by atoms with van der Waals surface area (Å²) in [5, 5.41) is 6.71. The number of aliphatic imine (C=N–C) groups is 1. The molecule has 146 valence electrons. The van der Waals surface area contributed by atoms with Crippen molar-refractivity contribution in [3.8, 4) is 0 Å². The number of amides is 1. The van der Waals surface area contributed by atoms with Crippen LogP contribution in [0, 0.1) is 0 Å². The predicted molar refractivity (Wildman–Crippen MR) is 102 cm³/mol. The number of hydrogen-bond donors (Lipinski definition) is 2. The lowest BCUT2D eigenvalue weighted by Crippen LogP contribution is -2.53. The van der Waals surface area contributed by atoms with Gasteiger partial charge in [-0.05, 0) is 52.7 Å². The molecule has 0 aliphatic carbocycles. The Morgan fingerprint density at radius 3 is 2.92 bits per heavy atom. The van der Waals surface area contributed by atoms with Crippen LogP contribution in [-0.2, 0) is 11.2 Å². The Labute approximate surface area is 156 Å². The average Bonchev–Trinajstić information content (AvgIpc) is 3.07. The van der Waals surface area contributed by atoms with Crippen LogP contribution in [0.25, 0.3) is 0 Å². The molecule has 0 bridgehead atoms. The number of ether oxygens (including phenoxy) is 1. The second-order valence-electron chi connectivity index (χ2n) is 7.50. The van der Waals surface area contributed by atoms with Crippen LogP contribution < -0.4 is 10.6 Å². The van der Waals surface area contributed by atoms with Crippen LogP contribution in [0.5, 0.6) is 0 Å². The van der Waals surface area contributed by atoms with E-state index in [1.807, 2.05) is 39.8 Å². The molecule has 1 aliphatic heterocycles. The van der Waals surface area contributed by atoms with Crippen LogP contribution in [0.1, 0.15) is 46.3 Å². The quantitative estimate of drug-likeness (QED) is 0.620. The molecule has 2 heterocycles. The number of furan rings is 1. The van der Waals surface area contributed by atoms with Gasteiger partial charge in [-0.3, -0.25) is 4.99 Å². The first-order valence-electron chi connectivity index (χ1n) is 9.42. The number of guanidine groups is 1. The molecule has 1 saturated heterocycles. The highest BCUT2D eigenvalue weighted by Gasteiger charge is 2.27. The molecule has 0 spiro atoms. The molecule has 0 aromatic carbocycles. The number of carbonyl (C=O) groups is 1. The Balaban J connectivity index is 1.87. The maximum Gasteiger partial charge on any atom is 0.410 e. The number of rotatable bonds is 5. The van der Waals surface area contributed by atoms with Gasteiger partial charge in [0.2, 0.25) is 0 Å². The molecule has 7 heteroatoms. The molecule has 0 saturated carbocycles. The molecule has 7 nitrogen and oxygen atoms in total. The molecule has 26 heavy (non-hydrogen) atoms. The third kappa shape index (κ3) is 6.98. The van der Waals surface area contributed by atoms with Gasteiger partial charge in [0.15, 0.2) is 5.96 Å². The molecule has 1 aliphatic rings. The van der Waals surface area contributed by atoms with E-state index in [4.69, 9.17) is 9.15 Å². The molecule has 1 atom stereocenters. The van der Waals surface area contributed by atoms with Gasteiger partial charge in [0.05, 0.1) is 6.26 Å². The van der Waals surface area contributed by atoms with Crippen LogP contribution in [0.4, 0.5) is 4.79 Å². The van der Waals surface area contributed by atoms with Crippen LogP contribution in [0.2, 0.25) is 0 Å². The van der Waals surface area contributed by atoms with Gasteiger partial charge >= 0.3 is 6.09 Å². The Morgan fingerprint density at radius 1 is 1.46 bits per heavy atom. The number of likely N-dealkylation sites (tertiary alicyclic amines) is 1. The standard InChI is InChI=1S/C19H32N4O3/c1-5-20-17(21-11-10-16-9-7-13-25-16)22-15-8-6-12-23(14-15)18(24)26-19(2,3)4/h7,9,13,15H,5-6,8,10-12,14H2,1-4H3,(H2,20,21,22). The summed E-state index contributed by atoms with van der Waals surface area (Å²) in [6.07, 6.45) is 4.14. The van der Waals surface area contributed by atoms with E-state index in [9.17, 15) is 4.79 Å². The van der Waals surface area contributed by atoms with E-state index >= 15 is 0 Å². The molecule has 1 unspecified atom stereocenters. The Hall–Kier alpha value is -2.18. The first-order valence-corrected chi connectivity index (χ1v) is 9.42.